The van der Waals surface area contributed by atoms with E-state index in [-0.39, 0.29) is 46.0 Å². The smallest absolute Gasteiger partial charge is 0.200 e. The molecule has 0 spiro atoms. The molecule has 11 rings (SSSR count). The largest absolute Gasteiger partial charge is 0.457 e. The fraction of sp³-hybridized carbons (Fsp3) is 0.303. The Morgan fingerprint density at radius 1 is 0.430 bits per heavy atom. The minimum Gasteiger partial charge on any atom is -0.457 e. The average Bonchev–Trinajstić information content (AvgIpc) is 3.98. The van der Waals surface area contributed by atoms with Crippen LogP contribution in [0.1, 0.15) is 156 Å². The van der Waals surface area contributed by atoms with Gasteiger partial charge in [0.1, 0.15) is 24.0 Å². The van der Waals surface area contributed by atoms with Gasteiger partial charge in [-0.25, -0.2) is 26.9 Å². The van der Waals surface area contributed by atoms with E-state index in [1.165, 1.54) is 11.1 Å². The summed E-state index contributed by atoms with van der Waals surface area (Å²) in [5, 5.41) is 2.13. The molecule has 0 unspecified atom stereocenters. The summed E-state index contributed by atoms with van der Waals surface area (Å²) in [5.74, 6) is -7.80. The molecule has 10 heteroatoms. The molecule has 442 valence electrons. The second-order valence-corrected chi connectivity index (χ2v) is 28.0. The third-order valence-electron chi connectivity index (χ3n) is 17.0. The number of anilines is 4. The number of nitrogens with zero attached hydrogens (tertiary/aromatic N) is 4. The van der Waals surface area contributed by atoms with Crippen LogP contribution in [0.25, 0.3) is 61.0 Å². The van der Waals surface area contributed by atoms with E-state index in [1.807, 2.05) is 80.4 Å². The Bertz CT molecular complexity index is 4230. The monoisotopic (exact) mass is 1160 g/mol. The van der Waals surface area contributed by atoms with Crippen molar-refractivity contribution in [2.75, 3.05) is 16.5 Å². The summed E-state index contributed by atoms with van der Waals surface area (Å²) in [6.45, 7) is 34.2. The minimum atomic E-state index is -2.22. The van der Waals surface area contributed by atoms with Gasteiger partial charge < -0.3 is 14.5 Å². The number of rotatable bonds is 10. The quantitative estimate of drug-likeness (QED) is 0.0776. The number of ether oxygens (including phenoxy) is 1. The molecular formula is C76H77F5N4O. The Morgan fingerprint density at radius 3 is 1.56 bits per heavy atom. The molecule has 0 radical (unpaired) electrons. The van der Waals surface area contributed by atoms with Crippen molar-refractivity contribution in [2.24, 2.45) is 0 Å². The van der Waals surface area contributed by atoms with Crippen LogP contribution in [0.2, 0.25) is 0 Å². The highest BCUT2D eigenvalue weighted by atomic mass is 19.2. The molecule has 5 nitrogen and oxygen atoms in total. The van der Waals surface area contributed by atoms with E-state index in [0.29, 0.717) is 28.3 Å². The van der Waals surface area contributed by atoms with Gasteiger partial charge >= 0.3 is 0 Å². The molecule has 0 N–H and O–H groups in total. The number of hydrogen-bond donors (Lipinski definition) is 0. The molecule has 0 saturated carbocycles. The SMILES string of the molecule is CC(C)c1cccc(C(C)C)c1-c1cc(Oc2ccc3c4ccccc4n(-c4cc(C(C)(C)C)ccn4)c3c2)cc(N2CN(c3c(-c4cc(C(C)(C)C)cc(C(C)(C)C)c4)cc(C(C)(C)C)cc3-c3c(F)c(F)c(F)c(F)c3F)c3ccccc32)c1. The second-order valence-electron chi connectivity index (χ2n) is 28.0. The lowest BCUT2D eigenvalue weighted by Crippen LogP contribution is -2.26. The summed E-state index contributed by atoms with van der Waals surface area (Å²) in [6, 6.07) is 49.4. The molecular weight excluding hydrogens is 1080 g/mol. The molecule has 1 aliphatic rings. The Morgan fingerprint density at radius 2 is 0.965 bits per heavy atom. The van der Waals surface area contributed by atoms with Crippen LogP contribution in [0.3, 0.4) is 0 Å². The molecule has 8 aromatic carbocycles. The first kappa shape index (κ1) is 59.5. The minimum absolute atomic E-state index is 0.0626. The van der Waals surface area contributed by atoms with Crippen molar-refractivity contribution < 1.29 is 26.7 Å². The number of pyridine rings is 1. The Kier molecular flexibility index (Phi) is 15.0. The van der Waals surface area contributed by atoms with E-state index in [0.717, 1.165) is 72.4 Å². The van der Waals surface area contributed by atoms with Crippen molar-refractivity contribution >= 4 is 44.6 Å². The topological polar surface area (TPSA) is 33.5 Å². The predicted molar refractivity (Wildman–Crippen MR) is 346 cm³/mol. The zero-order valence-corrected chi connectivity index (χ0v) is 52.4. The molecule has 0 atom stereocenters. The van der Waals surface area contributed by atoms with Gasteiger partial charge in [-0.3, -0.25) is 4.57 Å². The normalized spacial score (nSPS) is 13.3. The molecule has 0 aliphatic carbocycles. The molecule has 0 fully saturated rings. The summed E-state index contributed by atoms with van der Waals surface area (Å²) >= 11 is 0. The third-order valence-corrected chi connectivity index (χ3v) is 17.0. The van der Waals surface area contributed by atoms with E-state index in [4.69, 9.17) is 9.72 Å². The third kappa shape index (κ3) is 10.7. The summed E-state index contributed by atoms with van der Waals surface area (Å²) in [5.41, 5.74) is 11.3. The highest BCUT2D eigenvalue weighted by Crippen LogP contribution is 2.54. The van der Waals surface area contributed by atoms with E-state index in [9.17, 15) is 0 Å². The van der Waals surface area contributed by atoms with Crippen LogP contribution >= 0.6 is 0 Å². The lowest BCUT2D eigenvalue weighted by atomic mass is 9.77. The standard InChI is InChI=1S/C76H77F5N4O/c1-43(2)54-23-21-24-55(44(3)4)65(54)46-34-51(40-53(35-46)86-52-28-29-57-56-22-17-18-25-60(56)85(63(57)41-52)64-39-47(30-31-82-64)73(5,6)7)83-42-84(62-27-20-19-26-61(62)83)72-58(45-32-48(74(8,9)10)36-49(33-45)75(11,12)13)37-50(76(14,15)16)38-59(72)66-67(77)69(79)71(81)70(80)68(66)78/h17-41,43-44H,42H2,1-16H3. The number of aromatic nitrogens is 2. The highest BCUT2D eigenvalue weighted by Gasteiger charge is 2.37. The van der Waals surface area contributed by atoms with Gasteiger partial charge in [-0.15, -0.1) is 0 Å². The molecule has 10 aromatic rings. The van der Waals surface area contributed by atoms with Crippen molar-refractivity contribution in [3.63, 3.8) is 0 Å². The van der Waals surface area contributed by atoms with Gasteiger partial charge in [0.25, 0.3) is 0 Å². The molecule has 86 heavy (non-hydrogen) atoms. The molecule has 3 heterocycles. The Balaban J connectivity index is 1.17. The number of benzene rings is 8. The first-order valence-corrected chi connectivity index (χ1v) is 29.9. The molecule has 0 amide bonds. The average molecular weight is 1160 g/mol. The summed E-state index contributed by atoms with van der Waals surface area (Å²) < 4.78 is 90.2. The number of halogens is 5. The Hall–Kier alpha value is -8.24. The van der Waals surface area contributed by atoms with E-state index in [1.54, 1.807) is 6.07 Å². The van der Waals surface area contributed by atoms with Crippen molar-refractivity contribution in [1.82, 2.24) is 9.55 Å². The zero-order chi connectivity index (χ0) is 61.9. The van der Waals surface area contributed by atoms with Gasteiger partial charge in [0, 0.05) is 45.9 Å². The van der Waals surface area contributed by atoms with Gasteiger partial charge in [0.2, 0.25) is 5.82 Å². The number of fused-ring (bicyclic) bond motifs is 4. The van der Waals surface area contributed by atoms with Gasteiger partial charge in [-0.1, -0.05) is 178 Å². The summed E-state index contributed by atoms with van der Waals surface area (Å²) in [7, 11) is 0. The molecule has 2 aromatic heterocycles. The summed E-state index contributed by atoms with van der Waals surface area (Å²) in [6.07, 6.45) is 1.87. The summed E-state index contributed by atoms with van der Waals surface area (Å²) in [4.78, 5) is 9.04. The lowest BCUT2D eigenvalue weighted by Gasteiger charge is -2.32. The van der Waals surface area contributed by atoms with Crippen LogP contribution in [0.5, 0.6) is 11.5 Å². The van der Waals surface area contributed by atoms with Gasteiger partial charge in [0.15, 0.2) is 23.3 Å². The maximum absolute atomic E-state index is 16.9. The van der Waals surface area contributed by atoms with Crippen LogP contribution in [0.15, 0.2) is 152 Å². The molecule has 1 aliphatic heterocycles. The Labute approximate surface area is 504 Å². The zero-order valence-electron chi connectivity index (χ0n) is 52.4. The van der Waals surface area contributed by atoms with Crippen LogP contribution in [0, 0.1) is 29.1 Å². The van der Waals surface area contributed by atoms with E-state index < -0.39 is 40.1 Å². The first-order chi connectivity index (χ1) is 40.4. The van der Waals surface area contributed by atoms with Crippen LogP contribution in [-0.4, -0.2) is 16.2 Å². The number of hydrogen-bond acceptors (Lipinski definition) is 4. The maximum atomic E-state index is 16.9. The van der Waals surface area contributed by atoms with Gasteiger partial charge in [-0.05, 0) is 150 Å². The molecule has 0 bridgehead atoms. The molecule has 0 saturated heterocycles. The lowest BCUT2D eigenvalue weighted by molar-refractivity contribution is 0.381. The van der Waals surface area contributed by atoms with Gasteiger partial charge in [-0.2, -0.15) is 0 Å². The fourth-order valence-electron chi connectivity index (χ4n) is 12.1. The van der Waals surface area contributed by atoms with E-state index >= 15 is 22.0 Å². The first-order valence-electron chi connectivity index (χ1n) is 29.9. The van der Waals surface area contributed by atoms with Crippen molar-refractivity contribution in [3.8, 4) is 50.7 Å². The van der Waals surface area contributed by atoms with Gasteiger partial charge in [0.05, 0.1) is 33.7 Å². The number of para-hydroxylation sites is 3. The van der Waals surface area contributed by atoms with Crippen molar-refractivity contribution in [2.45, 2.75) is 144 Å². The predicted octanol–water partition coefficient (Wildman–Crippen LogP) is 22.4. The van der Waals surface area contributed by atoms with Crippen LogP contribution in [-0.2, 0) is 21.7 Å². The maximum Gasteiger partial charge on any atom is 0.200 e. The highest BCUT2D eigenvalue weighted by molar-refractivity contribution is 6.09. The van der Waals surface area contributed by atoms with Crippen LogP contribution in [0.4, 0.5) is 44.7 Å². The van der Waals surface area contributed by atoms with Crippen LogP contribution < -0.4 is 14.5 Å². The van der Waals surface area contributed by atoms with Crippen molar-refractivity contribution in [3.05, 3.63) is 214 Å². The fourth-order valence-corrected chi connectivity index (χ4v) is 12.1. The van der Waals surface area contributed by atoms with Crippen molar-refractivity contribution in [1.29, 1.82) is 0 Å². The van der Waals surface area contributed by atoms with E-state index in [2.05, 4.69) is 190 Å². The second kappa shape index (κ2) is 21.6.